The molecule has 3 rings (SSSR count). The predicted octanol–water partition coefficient (Wildman–Crippen LogP) is 3.05. The van der Waals surface area contributed by atoms with Gasteiger partial charge in [0, 0.05) is 16.0 Å². The molecule has 132 valence electrons. The largest absolute Gasteiger partial charge is 0.468 e. The van der Waals surface area contributed by atoms with Gasteiger partial charge in [0.2, 0.25) is 10.0 Å². The Kier molecular flexibility index (Phi) is 4.30. The van der Waals surface area contributed by atoms with E-state index in [0.29, 0.717) is 4.88 Å². The lowest BCUT2D eigenvalue weighted by Crippen LogP contribution is -2.37. The molecule has 0 saturated heterocycles. The minimum absolute atomic E-state index is 0.449. The average Bonchev–Trinajstić information content (AvgIpc) is 2.90. The van der Waals surface area contributed by atoms with E-state index in [1.165, 1.54) is 24.5 Å². The number of esters is 1. The number of carbonyl (C=O) groups excluding carboxylic acids is 1. The highest BCUT2D eigenvalue weighted by molar-refractivity contribution is 7.93. The number of fused-ring (bicyclic) bond motifs is 1. The van der Waals surface area contributed by atoms with E-state index in [1.54, 1.807) is 0 Å². The smallest absolute Gasteiger partial charge is 0.321 e. The first-order chi connectivity index (χ1) is 11.7. The summed E-state index contributed by atoms with van der Waals surface area (Å²) in [5.41, 5.74) is -0.580. The molecule has 0 spiro atoms. The highest BCUT2D eigenvalue weighted by Crippen LogP contribution is 2.46. The normalized spacial score (nSPS) is 21.0. The van der Waals surface area contributed by atoms with E-state index in [4.69, 9.17) is 9.88 Å². The van der Waals surface area contributed by atoms with Crippen LogP contribution in [0.25, 0.3) is 10.1 Å². The first-order valence-electron chi connectivity index (χ1n) is 7.38. The summed E-state index contributed by atoms with van der Waals surface area (Å²) in [6.07, 6.45) is 1.98. The maximum absolute atomic E-state index is 14.6. The molecule has 1 aliphatic carbocycles. The summed E-state index contributed by atoms with van der Waals surface area (Å²) in [5.74, 6) is -1.60. The third-order valence-electron chi connectivity index (χ3n) is 4.33. The third-order valence-corrected chi connectivity index (χ3v) is 6.75. The predicted molar refractivity (Wildman–Crippen MR) is 95.3 cm³/mol. The molecule has 1 aromatic carbocycles. The topological polar surface area (TPSA) is 86.5 Å². The van der Waals surface area contributed by atoms with Crippen molar-refractivity contribution >= 4 is 37.4 Å². The van der Waals surface area contributed by atoms with E-state index in [2.05, 4.69) is 0 Å². The summed E-state index contributed by atoms with van der Waals surface area (Å²) < 4.78 is 43.5. The quantitative estimate of drug-likeness (QED) is 0.828. The molecule has 1 aromatic heterocycles. The van der Waals surface area contributed by atoms with Crippen LogP contribution >= 0.6 is 11.3 Å². The van der Waals surface area contributed by atoms with Crippen molar-refractivity contribution in [3.8, 4) is 0 Å². The fourth-order valence-electron chi connectivity index (χ4n) is 3.12. The van der Waals surface area contributed by atoms with Gasteiger partial charge >= 0.3 is 5.97 Å². The molecule has 2 aromatic rings. The zero-order chi connectivity index (χ0) is 18.4. The van der Waals surface area contributed by atoms with Crippen LogP contribution in [-0.4, -0.2) is 21.5 Å². The standard InChI is InChI=1S/C17H16FNO4S2/c1-10-11-5-3-4-6-13(11)24-15(10)17(16(20)23-2)8-7-14(12(18)9-17)25(19,21)22/h3-8H,9H2,1-2H3,(H2,19,21,22). The van der Waals surface area contributed by atoms with Crippen LogP contribution in [0.4, 0.5) is 4.39 Å². The van der Waals surface area contributed by atoms with Gasteiger partial charge in [0.1, 0.15) is 16.1 Å². The van der Waals surface area contributed by atoms with Gasteiger partial charge in [0.15, 0.2) is 0 Å². The van der Waals surface area contributed by atoms with Crippen molar-refractivity contribution in [3.63, 3.8) is 0 Å². The van der Waals surface area contributed by atoms with E-state index < -0.39 is 38.6 Å². The molecule has 2 N–H and O–H groups in total. The zero-order valence-corrected chi connectivity index (χ0v) is 15.2. The number of halogens is 1. The van der Waals surface area contributed by atoms with Gasteiger partial charge in [0.05, 0.1) is 7.11 Å². The van der Waals surface area contributed by atoms with Crippen molar-refractivity contribution in [2.45, 2.75) is 18.8 Å². The number of rotatable bonds is 3. The number of allylic oxidation sites excluding steroid dienone is 2. The van der Waals surface area contributed by atoms with Crippen LogP contribution < -0.4 is 5.14 Å². The van der Waals surface area contributed by atoms with Crippen LogP contribution in [0.2, 0.25) is 0 Å². The van der Waals surface area contributed by atoms with E-state index in [-0.39, 0.29) is 0 Å². The fourth-order valence-corrected chi connectivity index (χ4v) is 5.12. The van der Waals surface area contributed by atoms with Gasteiger partial charge in [-0.3, -0.25) is 4.79 Å². The van der Waals surface area contributed by atoms with E-state index >= 15 is 0 Å². The van der Waals surface area contributed by atoms with Crippen molar-refractivity contribution in [2.75, 3.05) is 7.11 Å². The van der Waals surface area contributed by atoms with Crippen molar-refractivity contribution < 1.29 is 22.3 Å². The number of hydrogen-bond acceptors (Lipinski definition) is 5. The fraction of sp³-hybridized carbons (Fsp3) is 0.235. The van der Waals surface area contributed by atoms with Crippen molar-refractivity contribution in [3.05, 3.63) is 57.6 Å². The number of hydrogen-bond donors (Lipinski definition) is 1. The Morgan fingerprint density at radius 1 is 1.36 bits per heavy atom. The monoisotopic (exact) mass is 381 g/mol. The lowest BCUT2D eigenvalue weighted by molar-refractivity contribution is -0.145. The summed E-state index contributed by atoms with van der Waals surface area (Å²) in [6.45, 7) is 1.85. The molecular formula is C17H16FNO4S2. The molecule has 0 radical (unpaired) electrons. The SMILES string of the molecule is COC(=O)C1(c2sc3ccccc3c2C)C=CC(S(N)(=O)=O)=C(F)C1. The molecule has 1 atom stereocenters. The molecule has 0 saturated carbocycles. The maximum Gasteiger partial charge on any atom is 0.321 e. The second kappa shape index (κ2) is 6.05. The second-order valence-corrected chi connectivity index (χ2v) is 8.42. The molecule has 1 heterocycles. The number of methoxy groups -OCH3 is 1. The highest BCUT2D eigenvalue weighted by Gasteiger charge is 2.46. The number of benzene rings is 1. The number of ether oxygens (including phenoxy) is 1. The van der Waals surface area contributed by atoms with Crippen LogP contribution in [0.3, 0.4) is 0 Å². The van der Waals surface area contributed by atoms with Gasteiger partial charge in [-0.15, -0.1) is 11.3 Å². The Labute approximate surface area is 148 Å². The summed E-state index contributed by atoms with van der Waals surface area (Å²) in [5, 5.41) is 6.00. The molecule has 0 bridgehead atoms. The minimum atomic E-state index is -4.21. The van der Waals surface area contributed by atoms with Crippen LogP contribution in [0.15, 0.2) is 47.1 Å². The first-order valence-corrected chi connectivity index (χ1v) is 9.74. The van der Waals surface area contributed by atoms with Crippen LogP contribution in [-0.2, 0) is 25.0 Å². The lowest BCUT2D eigenvalue weighted by atomic mass is 9.78. The molecule has 0 amide bonds. The van der Waals surface area contributed by atoms with Crippen LogP contribution in [0.1, 0.15) is 16.9 Å². The van der Waals surface area contributed by atoms with E-state index in [1.807, 2.05) is 31.2 Å². The van der Waals surface area contributed by atoms with Crippen molar-refractivity contribution in [1.82, 2.24) is 0 Å². The molecule has 5 nitrogen and oxygen atoms in total. The molecular weight excluding hydrogens is 365 g/mol. The molecule has 1 aliphatic rings. The van der Waals surface area contributed by atoms with E-state index in [0.717, 1.165) is 21.7 Å². The van der Waals surface area contributed by atoms with Gasteiger partial charge < -0.3 is 4.74 Å². The van der Waals surface area contributed by atoms with E-state index in [9.17, 15) is 17.6 Å². The van der Waals surface area contributed by atoms with Crippen molar-refractivity contribution in [2.24, 2.45) is 5.14 Å². The minimum Gasteiger partial charge on any atom is -0.468 e. The number of aryl methyl sites for hydroxylation is 1. The van der Waals surface area contributed by atoms with Gasteiger partial charge in [-0.1, -0.05) is 24.3 Å². The number of primary sulfonamides is 1. The molecule has 0 fully saturated rings. The number of nitrogens with two attached hydrogens (primary N) is 1. The Balaban J connectivity index is 2.24. The Hall–Kier alpha value is -2.03. The highest BCUT2D eigenvalue weighted by atomic mass is 32.2. The molecule has 25 heavy (non-hydrogen) atoms. The lowest BCUT2D eigenvalue weighted by Gasteiger charge is -2.30. The van der Waals surface area contributed by atoms with Crippen LogP contribution in [0, 0.1) is 6.92 Å². The summed E-state index contributed by atoms with van der Waals surface area (Å²) in [7, 11) is -2.99. The second-order valence-electron chi connectivity index (χ2n) is 5.84. The first kappa shape index (κ1) is 17.8. The Bertz CT molecular complexity index is 1040. The number of thiophene rings is 1. The number of sulfonamides is 1. The maximum atomic E-state index is 14.6. The molecule has 1 unspecified atom stereocenters. The van der Waals surface area contributed by atoms with Gasteiger partial charge in [-0.25, -0.2) is 17.9 Å². The number of carbonyl (C=O) groups is 1. The average molecular weight is 381 g/mol. The molecule has 8 heteroatoms. The Morgan fingerprint density at radius 2 is 2.04 bits per heavy atom. The summed E-state index contributed by atoms with van der Waals surface area (Å²) in [6, 6.07) is 7.59. The third kappa shape index (κ3) is 2.80. The van der Waals surface area contributed by atoms with Gasteiger partial charge in [-0.2, -0.15) is 0 Å². The van der Waals surface area contributed by atoms with Gasteiger partial charge in [-0.05, 0) is 30.0 Å². The summed E-state index contributed by atoms with van der Waals surface area (Å²) >= 11 is 1.36. The molecule has 0 aliphatic heterocycles. The zero-order valence-electron chi connectivity index (χ0n) is 13.6. The van der Waals surface area contributed by atoms with Crippen LogP contribution in [0.5, 0.6) is 0 Å². The Morgan fingerprint density at radius 3 is 2.60 bits per heavy atom. The summed E-state index contributed by atoms with van der Waals surface area (Å²) in [4.78, 5) is 12.6. The van der Waals surface area contributed by atoms with Crippen molar-refractivity contribution in [1.29, 1.82) is 0 Å². The van der Waals surface area contributed by atoms with Gasteiger partial charge in [0.25, 0.3) is 0 Å².